The van der Waals surface area contributed by atoms with E-state index in [1.54, 1.807) is 0 Å². The number of benzene rings is 2. The van der Waals surface area contributed by atoms with Crippen LogP contribution in [-0.2, 0) is 29.5 Å². The topological polar surface area (TPSA) is 123 Å². The molecule has 3 N–H and O–H groups in total. The van der Waals surface area contributed by atoms with E-state index in [-0.39, 0.29) is 15.6 Å². The highest BCUT2D eigenvalue weighted by atomic mass is 35.5. The predicted molar refractivity (Wildman–Crippen MR) is 177 cm³/mol. The van der Waals surface area contributed by atoms with Crippen molar-refractivity contribution >= 4 is 55.0 Å². The number of halogens is 7. The second kappa shape index (κ2) is 16.2. The molecule has 0 spiro atoms. The van der Waals surface area contributed by atoms with Crippen LogP contribution >= 0.6 is 23.2 Å². The van der Waals surface area contributed by atoms with Gasteiger partial charge in [0.15, 0.2) is 8.32 Å². The van der Waals surface area contributed by atoms with Crippen LogP contribution in [0, 0.1) is 5.92 Å². The summed E-state index contributed by atoms with van der Waals surface area (Å²) in [7, 11) is -1.32. The van der Waals surface area contributed by atoms with E-state index in [2.05, 4.69) is 10.6 Å². The molecule has 49 heavy (non-hydrogen) atoms. The van der Waals surface area contributed by atoms with Crippen molar-refractivity contribution < 1.29 is 50.3 Å². The minimum Gasteiger partial charge on any atom is -0.497 e. The van der Waals surface area contributed by atoms with Gasteiger partial charge in [-0.05, 0) is 53.9 Å². The number of methoxy groups -OCH3 is 1. The van der Waals surface area contributed by atoms with Crippen molar-refractivity contribution in [1.29, 1.82) is 0 Å². The van der Waals surface area contributed by atoms with Crippen LogP contribution in [0.1, 0.15) is 51.8 Å². The van der Waals surface area contributed by atoms with Gasteiger partial charge < -0.3 is 25.1 Å². The lowest BCUT2D eigenvalue weighted by atomic mass is 9.97. The van der Waals surface area contributed by atoms with Gasteiger partial charge in [-0.1, -0.05) is 76.0 Å². The minimum absolute atomic E-state index is 0.0325. The summed E-state index contributed by atoms with van der Waals surface area (Å²) in [6.45, 7) is 11.2. The van der Waals surface area contributed by atoms with Crippen molar-refractivity contribution in [2.75, 3.05) is 13.7 Å². The Morgan fingerprint density at radius 2 is 1.41 bits per heavy atom. The number of hydrogen-bond acceptors (Lipinski definition) is 6. The van der Waals surface area contributed by atoms with Gasteiger partial charge in [-0.25, -0.2) is 0 Å². The van der Waals surface area contributed by atoms with E-state index in [0.29, 0.717) is 5.75 Å². The summed E-state index contributed by atoms with van der Waals surface area (Å²) in [6, 6.07) is 2.60. The lowest BCUT2D eigenvalue weighted by molar-refractivity contribution is -0.175. The largest absolute Gasteiger partial charge is 0.497 e. The van der Waals surface area contributed by atoms with E-state index >= 15 is 8.78 Å². The van der Waals surface area contributed by atoms with Gasteiger partial charge in [-0.2, -0.15) is 22.0 Å². The molecule has 0 heterocycles. The zero-order valence-corrected chi connectivity index (χ0v) is 30.7. The fourth-order valence-electron chi connectivity index (χ4n) is 4.05. The maximum absolute atomic E-state index is 15.4. The van der Waals surface area contributed by atoms with Gasteiger partial charge in [0.05, 0.1) is 29.8 Å². The predicted octanol–water partition coefficient (Wildman–Crippen LogP) is 6.73. The molecule has 0 aromatic heterocycles. The molecule has 0 radical (unpaired) electrons. The summed E-state index contributed by atoms with van der Waals surface area (Å²) in [5, 5.41) is 5.68. The fraction of sp³-hybridized carbons (Fsp3) is 0.500. The molecule has 0 bridgehead atoms. The summed E-state index contributed by atoms with van der Waals surface area (Å²) in [4.78, 5) is 52.6. The molecule has 2 rings (SSSR count). The first-order chi connectivity index (χ1) is 22.3. The Morgan fingerprint density at radius 1 is 0.837 bits per heavy atom. The van der Waals surface area contributed by atoms with E-state index in [4.69, 9.17) is 32.4 Å². The number of ketones is 1. The molecular formula is C32H40Cl2F5N3O6Si. The highest BCUT2D eigenvalue weighted by Gasteiger charge is 2.47. The number of carbonyl (C=O) groups excluding carboxylic acids is 4. The zero-order chi connectivity index (χ0) is 37.7. The number of Topliss-reactive ketones (excluding diaryl/α,β-unsaturated/α-hetero) is 1. The molecule has 0 saturated carbocycles. The standard InChI is InChI=1S/C32H40Cl2F5N3O6Si/c1-17(2)24(26(43)32(37,38)39)41-28(45)25(18-9-12-20(47-6)13-10-18)42-27(44)23(16-48-49(7,8)30(3,4)5)40-29(46)31(35,36)19-11-14-21(33)22(34)15-19/h9-15,17,23-25H,16H2,1-8H3,(H,40,46)(H,41,45)(H,42,44). The monoisotopic (exact) mass is 755 g/mol. The summed E-state index contributed by atoms with van der Waals surface area (Å²) in [5.74, 6) is -11.4. The van der Waals surface area contributed by atoms with Gasteiger partial charge in [0.1, 0.15) is 17.8 Å². The molecule has 3 unspecified atom stereocenters. The third-order valence-corrected chi connectivity index (χ3v) is 13.4. The van der Waals surface area contributed by atoms with Gasteiger partial charge in [0, 0.05) is 5.56 Å². The highest BCUT2D eigenvalue weighted by molar-refractivity contribution is 6.74. The molecule has 0 aliphatic heterocycles. The second-order valence-corrected chi connectivity index (χ2v) is 18.7. The maximum atomic E-state index is 15.4. The number of ether oxygens (including phenoxy) is 1. The second-order valence-electron chi connectivity index (χ2n) is 13.1. The van der Waals surface area contributed by atoms with Crippen molar-refractivity contribution in [3.05, 3.63) is 63.6 Å². The molecule has 272 valence electrons. The van der Waals surface area contributed by atoms with Crippen molar-refractivity contribution in [3.8, 4) is 5.75 Å². The number of alkyl halides is 5. The van der Waals surface area contributed by atoms with Crippen LogP contribution in [0.25, 0.3) is 0 Å². The first-order valence-corrected chi connectivity index (χ1v) is 18.6. The maximum Gasteiger partial charge on any atom is 0.452 e. The number of carbonyl (C=O) groups is 4. The molecule has 9 nitrogen and oxygen atoms in total. The third kappa shape index (κ3) is 10.9. The molecule has 3 amide bonds. The van der Waals surface area contributed by atoms with Crippen LogP contribution in [0.3, 0.4) is 0 Å². The molecule has 17 heteroatoms. The number of amides is 3. The minimum atomic E-state index is -5.28. The SMILES string of the molecule is COc1ccc(C(NC(=O)C(CO[Si](C)(C)C(C)(C)C)NC(=O)C(F)(F)c2ccc(Cl)c(Cl)c2)C(=O)NC(C(=O)C(F)(F)F)C(C)C)cc1. The molecule has 0 aliphatic carbocycles. The number of hydrogen-bond donors (Lipinski definition) is 3. The lowest BCUT2D eigenvalue weighted by Gasteiger charge is -2.37. The van der Waals surface area contributed by atoms with E-state index in [1.165, 1.54) is 45.2 Å². The van der Waals surface area contributed by atoms with Crippen LogP contribution in [0.15, 0.2) is 42.5 Å². The van der Waals surface area contributed by atoms with Gasteiger partial charge in [-0.3, -0.25) is 19.2 Å². The van der Waals surface area contributed by atoms with Gasteiger partial charge in [0.25, 0.3) is 11.7 Å². The van der Waals surface area contributed by atoms with E-state index in [9.17, 15) is 32.3 Å². The van der Waals surface area contributed by atoms with E-state index < -0.39 is 85.2 Å². The molecule has 0 aliphatic rings. The lowest BCUT2D eigenvalue weighted by Crippen LogP contribution is -2.57. The average Bonchev–Trinajstić information content (AvgIpc) is 3.00. The Morgan fingerprint density at radius 3 is 1.88 bits per heavy atom. The van der Waals surface area contributed by atoms with Gasteiger partial charge in [0.2, 0.25) is 11.8 Å². The van der Waals surface area contributed by atoms with Crippen LogP contribution in [-0.4, -0.2) is 63.8 Å². The third-order valence-electron chi connectivity index (χ3n) is 8.13. The molecule has 0 saturated heterocycles. The highest BCUT2D eigenvalue weighted by Crippen LogP contribution is 2.37. The van der Waals surface area contributed by atoms with Gasteiger partial charge in [-0.15, -0.1) is 0 Å². The van der Waals surface area contributed by atoms with Crippen molar-refractivity contribution in [2.24, 2.45) is 5.92 Å². The Bertz CT molecular complexity index is 1520. The Kier molecular flexibility index (Phi) is 13.8. The van der Waals surface area contributed by atoms with Crippen LogP contribution in [0.5, 0.6) is 5.75 Å². The number of rotatable bonds is 14. The summed E-state index contributed by atoms with van der Waals surface area (Å²) in [5.41, 5.74) is -0.793. The fourth-order valence-corrected chi connectivity index (χ4v) is 5.36. The summed E-state index contributed by atoms with van der Waals surface area (Å²) < 4.78 is 82.1. The van der Waals surface area contributed by atoms with Crippen LogP contribution in [0.4, 0.5) is 22.0 Å². The number of nitrogens with one attached hydrogen (secondary N) is 3. The smallest absolute Gasteiger partial charge is 0.452 e. The molecule has 3 atom stereocenters. The van der Waals surface area contributed by atoms with Crippen LogP contribution < -0.4 is 20.7 Å². The van der Waals surface area contributed by atoms with Crippen molar-refractivity contribution in [3.63, 3.8) is 0 Å². The van der Waals surface area contributed by atoms with Crippen molar-refractivity contribution in [1.82, 2.24) is 16.0 Å². The average molecular weight is 757 g/mol. The van der Waals surface area contributed by atoms with E-state index in [1.807, 2.05) is 39.2 Å². The quantitative estimate of drug-likeness (QED) is 0.145. The van der Waals surface area contributed by atoms with Gasteiger partial charge >= 0.3 is 12.1 Å². The normalized spacial score (nSPS) is 14.4. The molecule has 0 fully saturated rings. The Balaban J connectivity index is 2.55. The molecule has 2 aromatic rings. The summed E-state index contributed by atoms with van der Waals surface area (Å²) >= 11 is 11.7. The first-order valence-electron chi connectivity index (χ1n) is 15.0. The summed E-state index contributed by atoms with van der Waals surface area (Å²) in [6.07, 6.45) is -5.28. The Hall–Kier alpha value is -3.27. The zero-order valence-electron chi connectivity index (χ0n) is 28.2. The molecule has 2 aromatic carbocycles. The van der Waals surface area contributed by atoms with Crippen LogP contribution in [0.2, 0.25) is 28.2 Å². The Labute approximate surface area is 292 Å². The molecular weight excluding hydrogens is 716 g/mol. The first kappa shape index (κ1) is 41.9. The van der Waals surface area contributed by atoms with E-state index in [0.717, 1.165) is 18.2 Å². The van der Waals surface area contributed by atoms with Crippen molar-refractivity contribution in [2.45, 2.75) is 83.0 Å².